The Morgan fingerprint density at radius 3 is 2.63 bits per heavy atom. The fourth-order valence-electron chi connectivity index (χ4n) is 2.44. The molecule has 19 heavy (non-hydrogen) atoms. The van der Waals surface area contributed by atoms with Crippen molar-refractivity contribution in [3.8, 4) is 0 Å². The molecule has 1 aliphatic carbocycles. The van der Waals surface area contributed by atoms with E-state index in [1.54, 1.807) is 12.1 Å². The predicted molar refractivity (Wildman–Crippen MR) is 73.6 cm³/mol. The smallest absolute Gasteiger partial charge is 0.129 e. The van der Waals surface area contributed by atoms with Crippen LogP contribution in [0.4, 0.5) is 4.39 Å². The van der Waals surface area contributed by atoms with Crippen molar-refractivity contribution in [2.24, 2.45) is 11.7 Å². The second-order valence-corrected chi connectivity index (χ2v) is 5.41. The first-order valence-electron chi connectivity index (χ1n) is 6.80. The zero-order valence-corrected chi connectivity index (χ0v) is 11.3. The van der Waals surface area contributed by atoms with Crippen molar-refractivity contribution in [2.45, 2.75) is 45.3 Å². The van der Waals surface area contributed by atoms with E-state index in [1.165, 1.54) is 18.9 Å². The number of nitrogens with one attached hydrogen (secondary N) is 1. The number of benzene rings is 1. The van der Waals surface area contributed by atoms with Gasteiger partial charge in [-0.1, -0.05) is 19.1 Å². The minimum Gasteiger partial charge on any atom is -0.384 e. The van der Waals surface area contributed by atoms with Gasteiger partial charge in [-0.05, 0) is 37.7 Å². The Hall–Kier alpha value is -1.42. The number of nitrogens with two attached hydrogens (primary N) is 1. The molecule has 0 aromatic heterocycles. The van der Waals surface area contributed by atoms with E-state index in [1.807, 2.05) is 0 Å². The molecule has 3 nitrogen and oxygen atoms in total. The van der Waals surface area contributed by atoms with Gasteiger partial charge in [0.2, 0.25) is 0 Å². The third-order valence-electron chi connectivity index (χ3n) is 3.80. The van der Waals surface area contributed by atoms with Crippen LogP contribution in [-0.2, 0) is 11.3 Å². The fraction of sp³-hybridized carbons (Fsp3) is 0.533. The summed E-state index contributed by atoms with van der Waals surface area (Å²) < 4.78 is 19.6. The first-order valence-corrected chi connectivity index (χ1v) is 6.80. The highest BCUT2D eigenvalue weighted by molar-refractivity contribution is 5.94. The SMILES string of the molecule is CC1CCC(OCc2ccc(C(=N)N)cc2F)CC1. The molecule has 0 bridgehead atoms. The van der Waals surface area contributed by atoms with Crippen LogP contribution in [0.15, 0.2) is 18.2 Å². The van der Waals surface area contributed by atoms with Gasteiger partial charge in [0.1, 0.15) is 11.7 Å². The molecule has 104 valence electrons. The molecule has 0 heterocycles. The van der Waals surface area contributed by atoms with Crippen LogP contribution in [0.2, 0.25) is 0 Å². The Morgan fingerprint density at radius 2 is 2.05 bits per heavy atom. The maximum Gasteiger partial charge on any atom is 0.129 e. The molecule has 1 aliphatic rings. The van der Waals surface area contributed by atoms with Gasteiger partial charge >= 0.3 is 0 Å². The van der Waals surface area contributed by atoms with Crippen molar-refractivity contribution in [1.29, 1.82) is 5.41 Å². The van der Waals surface area contributed by atoms with E-state index in [-0.39, 0.29) is 17.8 Å². The van der Waals surface area contributed by atoms with Crippen molar-refractivity contribution >= 4 is 5.84 Å². The van der Waals surface area contributed by atoms with Crippen molar-refractivity contribution in [3.05, 3.63) is 35.1 Å². The molecule has 4 heteroatoms. The maximum atomic E-state index is 13.8. The van der Waals surface area contributed by atoms with Gasteiger partial charge in [-0.2, -0.15) is 0 Å². The lowest BCUT2D eigenvalue weighted by Gasteiger charge is -2.26. The molecule has 0 unspecified atom stereocenters. The Balaban J connectivity index is 1.91. The first kappa shape index (κ1) is 14.0. The highest BCUT2D eigenvalue weighted by Gasteiger charge is 2.19. The summed E-state index contributed by atoms with van der Waals surface area (Å²) in [6.45, 7) is 2.55. The van der Waals surface area contributed by atoms with Crippen LogP contribution in [-0.4, -0.2) is 11.9 Å². The van der Waals surface area contributed by atoms with Gasteiger partial charge in [-0.15, -0.1) is 0 Å². The number of hydrogen-bond acceptors (Lipinski definition) is 2. The molecule has 0 aliphatic heterocycles. The molecule has 3 N–H and O–H groups in total. The average molecular weight is 264 g/mol. The summed E-state index contributed by atoms with van der Waals surface area (Å²) in [5.74, 6) is 0.316. The van der Waals surface area contributed by atoms with Crippen LogP contribution >= 0.6 is 0 Å². The van der Waals surface area contributed by atoms with E-state index in [2.05, 4.69) is 6.92 Å². The summed E-state index contributed by atoms with van der Waals surface area (Å²) in [5.41, 5.74) is 6.26. The van der Waals surface area contributed by atoms with Crippen LogP contribution in [0.1, 0.15) is 43.7 Å². The molecule has 1 fully saturated rings. The topological polar surface area (TPSA) is 59.1 Å². The number of ether oxygens (including phenoxy) is 1. The second-order valence-electron chi connectivity index (χ2n) is 5.41. The second kappa shape index (κ2) is 6.15. The van der Waals surface area contributed by atoms with E-state index in [0.29, 0.717) is 17.7 Å². The molecule has 1 saturated carbocycles. The van der Waals surface area contributed by atoms with Gasteiger partial charge in [0.25, 0.3) is 0 Å². The molecule has 0 spiro atoms. The molecule has 1 aromatic rings. The third kappa shape index (κ3) is 3.77. The summed E-state index contributed by atoms with van der Waals surface area (Å²) in [7, 11) is 0. The van der Waals surface area contributed by atoms with E-state index >= 15 is 0 Å². The Labute approximate surface area is 113 Å². The number of rotatable bonds is 4. The van der Waals surface area contributed by atoms with Crippen molar-refractivity contribution in [1.82, 2.24) is 0 Å². The quantitative estimate of drug-likeness (QED) is 0.648. The summed E-state index contributed by atoms with van der Waals surface area (Å²) in [4.78, 5) is 0. The van der Waals surface area contributed by atoms with Gasteiger partial charge in [-0.3, -0.25) is 5.41 Å². The largest absolute Gasteiger partial charge is 0.384 e. The van der Waals surface area contributed by atoms with Crippen LogP contribution in [0.3, 0.4) is 0 Å². The fourth-order valence-corrected chi connectivity index (χ4v) is 2.44. The van der Waals surface area contributed by atoms with Crippen LogP contribution < -0.4 is 5.73 Å². The first-order chi connectivity index (χ1) is 9.06. The molecular formula is C15H21FN2O. The molecule has 0 radical (unpaired) electrons. The van der Waals surface area contributed by atoms with Crippen LogP contribution in [0.5, 0.6) is 0 Å². The van der Waals surface area contributed by atoms with Gasteiger partial charge in [0.05, 0.1) is 12.7 Å². The number of amidine groups is 1. The lowest BCUT2D eigenvalue weighted by molar-refractivity contribution is 0.00759. The van der Waals surface area contributed by atoms with Crippen molar-refractivity contribution < 1.29 is 9.13 Å². The van der Waals surface area contributed by atoms with Gasteiger partial charge < -0.3 is 10.5 Å². The molecule has 2 rings (SSSR count). The molecule has 1 aromatic carbocycles. The molecular weight excluding hydrogens is 243 g/mol. The van der Waals surface area contributed by atoms with Gasteiger partial charge in [-0.25, -0.2) is 4.39 Å². The Kier molecular flexibility index (Phi) is 4.53. The minimum atomic E-state index is -0.350. The van der Waals surface area contributed by atoms with E-state index in [4.69, 9.17) is 15.9 Å². The Morgan fingerprint density at radius 1 is 1.37 bits per heavy atom. The van der Waals surface area contributed by atoms with E-state index in [9.17, 15) is 4.39 Å². The highest BCUT2D eigenvalue weighted by Crippen LogP contribution is 2.26. The summed E-state index contributed by atoms with van der Waals surface area (Å²) in [5, 5.41) is 7.26. The number of nitrogen functional groups attached to an aromatic ring is 1. The summed E-state index contributed by atoms with van der Waals surface area (Å²) >= 11 is 0. The van der Waals surface area contributed by atoms with E-state index in [0.717, 1.165) is 18.8 Å². The van der Waals surface area contributed by atoms with Crippen LogP contribution in [0.25, 0.3) is 0 Å². The minimum absolute atomic E-state index is 0.118. The average Bonchev–Trinajstić information content (AvgIpc) is 2.39. The molecule has 0 saturated heterocycles. The normalized spacial score (nSPS) is 23.3. The zero-order chi connectivity index (χ0) is 13.8. The monoisotopic (exact) mass is 264 g/mol. The molecule has 0 atom stereocenters. The molecule has 0 amide bonds. The third-order valence-corrected chi connectivity index (χ3v) is 3.80. The lowest BCUT2D eigenvalue weighted by Crippen LogP contribution is -2.20. The zero-order valence-electron chi connectivity index (χ0n) is 11.3. The number of halogens is 1. The van der Waals surface area contributed by atoms with Crippen molar-refractivity contribution in [2.75, 3.05) is 0 Å². The van der Waals surface area contributed by atoms with Gasteiger partial charge in [0.15, 0.2) is 0 Å². The lowest BCUT2D eigenvalue weighted by atomic mass is 9.89. The standard InChI is InChI=1S/C15H21FN2O/c1-10-2-6-13(7-3-10)19-9-12-5-4-11(15(17)18)8-14(12)16/h4-5,8,10,13H,2-3,6-7,9H2,1H3,(H3,17,18). The summed E-state index contributed by atoms with van der Waals surface area (Å²) in [6.07, 6.45) is 4.76. The number of hydrogen-bond donors (Lipinski definition) is 2. The van der Waals surface area contributed by atoms with Crippen molar-refractivity contribution in [3.63, 3.8) is 0 Å². The highest BCUT2D eigenvalue weighted by atomic mass is 19.1. The predicted octanol–water partition coefficient (Wildman–Crippen LogP) is 3.21. The summed E-state index contributed by atoms with van der Waals surface area (Å²) in [6, 6.07) is 4.61. The maximum absolute atomic E-state index is 13.8. The Bertz CT molecular complexity index is 453. The van der Waals surface area contributed by atoms with Crippen LogP contribution in [0, 0.1) is 17.1 Å². The van der Waals surface area contributed by atoms with E-state index < -0.39 is 0 Å². The van der Waals surface area contributed by atoms with Gasteiger partial charge in [0, 0.05) is 11.1 Å².